The highest BCUT2D eigenvalue weighted by molar-refractivity contribution is 7.14. The first-order valence-electron chi connectivity index (χ1n) is 8.32. The van der Waals surface area contributed by atoms with Crippen molar-refractivity contribution in [1.29, 1.82) is 0 Å². The van der Waals surface area contributed by atoms with Gasteiger partial charge in [0.1, 0.15) is 6.67 Å². The fourth-order valence-corrected chi connectivity index (χ4v) is 3.41. The first-order valence-corrected chi connectivity index (χ1v) is 9.58. The van der Waals surface area contributed by atoms with Crippen molar-refractivity contribution in [2.24, 2.45) is 9.98 Å². The number of halogens is 3. The summed E-state index contributed by atoms with van der Waals surface area (Å²) in [6, 6.07) is 11.3. The summed E-state index contributed by atoms with van der Waals surface area (Å²) >= 11 is 7.23. The Morgan fingerprint density at radius 1 is 1.11 bits per heavy atom. The van der Waals surface area contributed by atoms with Crippen LogP contribution in [0.15, 0.2) is 57.8 Å². The molecule has 2 heterocycles. The monoisotopic (exact) mass is 417 g/mol. The van der Waals surface area contributed by atoms with E-state index in [9.17, 15) is 8.78 Å². The van der Waals surface area contributed by atoms with Crippen LogP contribution < -0.4 is 5.32 Å². The van der Waals surface area contributed by atoms with Gasteiger partial charge in [-0.2, -0.15) is 0 Å². The molecule has 1 N–H and O–H groups in total. The minimum Gasteiger partial charge on any atom is -0.339 e. The largest absolute Gasteiger partial charge is 0.339 e. The lowest BCUT2D eigenvalue weighted by Crippen LogP contribution is -2.28. The standard InChI is InChI=1S/C19H14ClF2N5S/c20-14-4-1-12(2-5-14)8-27-10-23-18(24-11-27)26-19-25-17(9-28-19)13-3-6-15(21)16(22)7-13/h1-7,9-10H,8,11H2,(H,24,25,26). The first-order chi connectivity index (χ1) is 13.6. The van der Waals surface area contributed by atoms with E-state index in [-0.39, 0.29) is 0 Å². The molecular formula is C19H14ClF2N5S. The smallest absolute Gasteiger partial charge is 0.227 e. The molecule has 0 atom stereocenters. The number of nitrogens with zero attached hydrogens (tertiary/aromatic N) is 4. The molecule has 3 aromatic rings. The molecule has 0 bridgehead atoms. The zero-order valence-electron chi connectivity index (χ0n) is 14.4. The molecule has 0 spiro atoms. The first kappa shape index (κ1) is 18.5. The van der Waals surface area contributed by atoms with Crippen LogP contribution in [0.2, 0.25) is 5.02 Å². The van der Waals surface area contributed by atoms with Crippen LogP contribution in [0.3, 0.4) is 0 Å². The van der Waals surface area contributed by atoms with Crippen LogP contribution in [0.4, 0.5) is 13.9 Å². The van der Waals surface area contributed by atoms with Gasteiger partial charge >= 0.3 is 0 Å². The van der Waals surface area contributed by atoms with Crippen molar-refractivity contribution in [1.82, 2.24) is 9.88 Å². The number of thiazole rings is 1. The maximum absolute atomic E-state index is 13.4. The van der Waals surface area contributed by atoms with Crippen molar-refractivity contribution in [3.63, 3.8) is 0 Å². The molecule has 5 nitrogen and oxygen atoms in total. The number of guanidine groups is 1. The summed E-state index contributed by atoms with van der Waals surface area (Å²) in [6.07, 6.45) is 1.72. The minimum absolute atomic E-state index is 0.443. The third-order valence-corrected chi connectivity index (χ3v) is 4.99. The van der Waals surface area contributed by atoms with Crippen LogP contribution in [0.1, 0.15) is 5.56 Å². The van der Waals surface area contributed by atoms with Gasteiger partial charge in [-0.05, 0) is 35.9 Å². The maximum atomic E-state index is 13.4. The second kappa shape index (κ2) is 8.04. The molecule has 1 aliphatic heterocycles. The Bertz CT molecular complexity index is 1050. The summed E-state index contributed by atoms with van der Waals surface area (Å²) in [4.78, 5) is 15.0. The van der Waals surface area contributed by atoms with Crippen molar-refractivity contribution in [3.05, 3.63) is 70.1 Å². The van der Waals surface area contributed by atoms with Crippen LogP contribution in [-0.4, -0.2) is 28.9 Å². The zero-order chi connectivity index (χ0) is 19.5. The molecule has 142 valence electrons. The zero-order valence-corrected chi connectivity index (χ0v) is 16.0. The van der Waals surface area contributed by atoms with E-state index in [1.165, 1.54) is 17.4 Å². The van der Waals surface area contributed by atoms with Gasteiger partial charge in [-0.3, -0.25) is 0 Å². The van der Waals surface area contributed by atoms with Crippen molar-refractivity contribution in [2.45, 2.75) is 6.54 Å². The Balaban J connectivity index is 1.37. The van der Waals surface area contributed by atoms with E-state index in [2.05, 4.69) is 20.3 Å². The normalized spacial score (nSPS) is 13.5. The van der Waals surface area contributed by atoms with E-state index in [4.69, 9.17) is 11.6 Å². The predicted molar refractivity (Wildman–Crippen MR) is 109 cm³/mol. The maximum Gasteiger partial charge on any atom is 0.227 e. The third kappa shape index (κ3) is 4.35. The van der Waals surface area contributed by atoms with Crippen LogP contribution >= 0.6 is 22.9 Å². The molecule has 9 heteroatoms. The molecule has 0 radical (unpaired) electrons. The molecule has 0 aliphatic carbocycles. The van der Waals surface area contributed by atoms with E-state index in [0.717, 1.165) is 17.7 Å². The van der Waals surface area contributed by atoms with Gasteiger partial charge in [0, 0.05) is 22.5 Å². The van der Waals surface area contributed by atoms with Gasteiger partial charge < -0.3 is 10.2 Å². The molecule has 1 aliphatic rings. The van der Waals surface area contributed by atoms with Crippen LogP contribution in [0.5, 0.6) is 0 Å². The topological polar surface area (TPSA) is 52.9 Å². The molecule has 28 heavy (non-hydrogen) atoms. The number of aromatic nitrogens is 1. The van der Waals surface area contributed by atoms with E-state index >= 15 is 0 Å². The number of benzene rings is 2. The van der Waals surface area contributed by atoms with Gasteiger partial charge in [-0.25, -0.2) is 23.7 Å². The SMILES string of the molecule is Fc1ccc(-c2csc(NC3=NCN(Cc4ccc(Cl)cc4)C=N3)n2)cc1F. The highest BCUT2D eigenvalue weighted by Gasteiger charge is 2.12. The van der Waals surface area contributed by atoms with E-state index in [1.807, 2.05) is 29.2 Å². The Morgan fingerprint density at radius 2 is 1.93 bits per heavy atom. The molecule has 1 aromatic heterocycles. The Morgan fingerprint density at radius 3 is 2.64 bits per heavy atom. The number of anilines is 1. The van der Waals surface area contributed by atoms with Crippen molar-refractivity contribution in [2.75, 3.05) is 12.0 Å². The molecule has 0 fully saturated rings. The van der Waals surface area contributed by atoms with Crippen molar-refractivity contribution in [3.8, 4) is 11.3 Å². The predicted octanol–water partition coefficient (Wildman–Crippen LogP) is 5.01. The van der Waals surface area contributed by atoms with Gasteiger partial charge in [0.2, 0.25) is 5.96 Å². The lowest BCUT2D eigenvalue weighted by atomic mass is 10.2. The summed E-state index contributed by atoms with van der Waals surface area (Å²) in [5.74, 6) is -1.34. The van der Waals surface area contributed by atoms with E-state index in [1.54, 1.807) is 11.7 Å². The highest BCUT2D eigenvalue weighted by Crippen LogP contribution is 2.26. The molecule has 0 unspecified atom stereocenters. The molecule has 0 saturated carbocycles. The summed E-state index contributed by atoms with van der Waals surface area (Å²) in [5, 5.41) is 6.07. The molecule has 0 saturated heterocycles. The Labute approximate surface area is 169 Å². The quantitative estimate of drug-likeness (QED) is 0.649. The lowest BCUT2D eigenvalue weighted by molar-refractivity contribution is 0.435. The Hall–Kier alpha value is -2.84. The van der Waals surface area contributed by atoms with Gasteiger partial charge in [-0.1, -0.05) is 23.7 Å². The molecular weight excluding hydrogens is 404 g/mol. The van der Waals surface area contributed by atoms with Gasteiger partial charge in [0.15, 0.2) is 16.8 Å². The average molecular weight is 418 g/mol. The lowest BCUT2D eigenvalue weighted by Gasteiger charge is -2.20. The van der Waals surface area contributed by atoms with Gasteiger partial charge in [0.25, 0.3) is 0 Å². The third-order valence-electron chi connectivity index (χ3n) is 3.98. The second-order valence-corrected chi connectivity index (χ2v) is 7.33. The number of nitrogens with one attached hydrogen (secondary N) is 1. The number of hydrogen-bond acceptors (Lipinski definition) is 6. The summed E-state index contributed by atoms with van der Waals surface area (Å²) < 4.78 is 26.5. The summed E-state index contributed by atoms with van der Waals surface area (Å²) in [5.41, 5.74) is 2.17. The van der Waals surface area contributed by atoms with Crippen molar-refractivity contribution < 1.29 is 8.78 Å². The van der Waals surface area contributed by atoms with Crippen LogP contribution in [0, 0.1) is 11.6 Å². The van der Waals surface area contributed by atoms with Gasteiger partial charge in [0.05, 0.1) is 12.0 Å². The van der Waals surface area contributed by atoms with Crippen LogP contribution in [0.25, 0.3) is 11.3 Å². The average Bonchev–Trinajstić information content (AvgIpc) is 3.16. The molecule has 2 aromatic carbocycles. The van der Waals surface area contributed by atoms with Crippen LogP contribution in [-0.2, 0) is 6.54 Å². The summed E-state index contributed by atoms with van der Waals surface area (Å²) in [7, 11) is 0. The van der Waals surface area contributed by atoms with Crippen molar-refractivity contribution >= 4 is 40.4 Å². The fraction of sp³-hybridized carbons (Fsp3) is 0.105. The number of rotatable bonds is 4. The van der Waals surface area contributed by atoms with E-state index < -0.39 is 11.6 Å². The van der Waals surface area contributed by atoms with Gasteiger partial charge in [-0.15, -0.1) is 11.3 Å². The second-order valence-electron chi connectivity index (χ2n) is 6.03. The Kier molecular flexibility index (Phi) is 5.31. The minimum atomic E-state index is -0.901. The molecule has 0 amide bonds. The molecule has 4 rings (SSSR count). The number of hydrogen-bond donors (Lipinski definition) is 1. The fourth-order valence-electron chi connectivity index (χ4n) is 2.57. The highest BCUT2D eigenvalue weighted by atomic mass is 35.5. The summed E-state index contributed by atoms with van der Waals surface area (Å²) in [6.45, 7) is 1.13. The van der Waals surface area contributed by atoms with E-state index in [0.29, 0.717) is 40.6 Å². The number of aliphatic imine (C=N–C) groups is 2.